The number of nitrogens with one attached hydrogen (secondary N) is 1. The quantitative estimate of drug-likeness (QED) is 0.477. The van der Waals surface area contributed by atoms with E-state index < -0.39 is 0 Å². The van der Waals surface area contributed by atoms with Crippen molar-refractivity contribution in [2.75, 3.05) is 11.6 Å². The summed E-state index contributed by atoms with van der Waals surface area (Å²) in [4.78, 5) is 12.3. The molecule has 0 spiro atoms. The second-order valence-electron chi connectivity index (χ2n) is 4.47. The van der Waals surface area contributed by atoms with Crippen LogP contribution in [0.4, 0.5) is 5.69 Å². The fourth-order valence-corrected chi connectivity index (χ4v) is 2.02. The van der Waals surface area contributed by atoms with Crippen LogP contribution in [0.5, 0.6) is 0 Å². The van der Waals surface area contributed by atoms with Gasteiger partial charge < -0.3 is 5.43 Å². The molecule has 0 aliphatic rings. The van der Waals surface area contributed by atoms with E-state index in [9.17, 15) is 4.79 Å². The van der Waals surface area contributed by atoms with Gasteiger partial charge in [0, 0.05) is 17.3 Å². The number of carbonyl (C=O) groups is 1. The van der Waals surface area contributed by atoms with Crippen LogP contribution >= 0.6 is 0 Å². The molecule has 0 fully saturated rings. The lowest BCUT2D eigenvalue weighted by atomic mass is 10.0. The van der Waals surface area contributed by atoms with E-state index in [0.717, 1.165) is 5.69 Å². The molecular weight excluding hydrogens is 260 g/mol. The number of hydrogen-bond donors (Lipinski definition) is 1. The lowest BCUT2D eigenvalue weighted by molar-refractivity contribution is 0.103. The van der Waals surface area contributed by atoms with Crippen molar-refractivity contribution in [3.63, 3.8) is 0 Å². The molecule has 0 heterocycles. The van der Waals surface area contributed by atoms with Gasteiger partial charge in [0.25, 0.3) is 0 Å². The number of benzene rings is 2. The molecule has 0 saturated carbocycles. The summed E-state index contributed by atoms with van der Waals surface area (Å²) in [6.45, 7) is 8.01. The zero-order valence-corrected chi connectivity index (χ0v) is 11.8. The Morgan fingerprint density at radius 2 is 1.62 bits per heavy atom. The highest BCUT2D eigenvalue weighted by atomic mass is 16.1. The average molecular weight is 278 g/mol. The minimum Gasteiger partial charge on any atom is -0.306 e. The van der Waals surface area contributed by atoms with E-state index >= 15 is 0 Å². The van der Waals surface area contributed by atoms with Crippen molar-refractivity contribution in [3.8, 4) is 0 Å². The van der Waals surface area contributed by atoms with Crippen molar-refractivity contribution in [2.24, 2.45) is 0 Å². The molecule has 0 radical (unpaired) electrons. The molecule has 0 saturated heterocycles. The minimum absolute atomic E-state index is 0.0223. The minimum atomic E-state index is 0.0223. The van der Waals surface area contributed by atoms with Crippen molar-refractivity contribution >= 4 is 11.5 Å². The zero-order valence-electron chi connectivity index (χ0n) is 11.8. The van der Waals surface area contributed by atoms with Crippen LogP contribution in [0.3, 0.4) is 0 Å². The second-order valence-corrected chi connectivity index (χ2v) is 4.47. The van der Waals surface area contributed by atoms with E-state index in [1.165, 1.54) is 0 Å². The van der Waals surface area contributed by atoms with Gasteiger partial charge in [0.1, 0.15) is 0 Å². The lowest BCUT2D eigenvalue weighted by Gasteiger charge is -2.22. The summed E-state index contributed by atoms with van der Waals surface area (Å²) < 4.78 is 0. The predicted octanol–water partition coefficient (Wildman–Crippen LogP) is 3.56. The highest BCUT2D eigenvalue weighted by Gasteiger charge is 2.09. The third kappa shape index (κ3) is 3.60. The molecule has 0 aliphatic heterocycles. The lowest BCUT2D eigenvalue weighted by Crippen LogP contribution is -2.34. The first-order valence-electron chi connectivity index (χ1n) is 6.71. The monoisotopic (exact) mass is 278 g/mol. The van der Waals surface area contributed by atoms with Gasteiger partial charge in [-0.05, 0) is 24.3 Å². The zero-order chi connectivity index (χ0) is 15.1. The third-order valence-electron chi connectivity index (χ3n) is 3.04. The van der Waals surface area contributed by atoms with Crippen LogP contribution < -0.4 is 10.4 Å². The molecule has 2 rings (SSSR count). The third-order valence-corrected chi connectivity index (χ3v) is 3.04. The maximum Gasteiger partial charge on any atom is 0.193 e. The van der Waals surface area contributed by atoms with Gasteiger partial charge in [0.2, 0.25) is 0 Å². The largest absolute Gasteiger partial charge is 0.306 e. The summed E-state index contributed by atoms with van der Waals surface area (Å²) in [5.74, 6) is 0.0223. The molecule has 0 unspecified atom stereocenters. The Labute approximate surface area is 125 Å². The Hall–Kier alpha value is -2.81. The van der Waals surface area contributed by atoms with Gasteiger partial charge in [0.05, 0.1) is 12.2 Å². The Morgan fingerprint density at radius 3 is 2.19 bits per heavy atom. The molecule has 0 aliphatic carbocycles. The molecule has 2 aromatic rings. The van der Waals surface area contributed by atoms with Gasteiger partial charge in [-0.3, -0.25) is 9.80 Å². The van der Waals surface area contributed by atoms with Crippen LogP contribution in [0, 0.1) is 0 Å². The van der Waals surface area contributed by atoms with Gasteiger partial charge in [-0.2, -0.15) is 0 Å². The standard InChI is InChI=1S/C18H18N2O/c1-3-14-20(19-4-2)17-12-10-16(11-13-17)18(21)15-8-6-5-7-9-15/h3-13,19H,1-2,14H2. The van der Waals surface area contributed by atoms with Crippen LogP contribution in [-0.2, 0) is 0 Å². The molecule has 0 aromatic heterocycles. The molecule has 1 N–H and O–H groups in total. The predicted molar refractivity (Wildman–Crippen MR) is 87.2 cm³/mol. The average Bonchev–Trinajstić information content (AvgIpc) is 2.55. The molecular formula is C18H18N2O. The molecule has 3 heteroatoms. The highest BCUT2D eigenvalue weighted by molar-refractivity contribution is 6.09. The number of hydrogen-bond acceptors (Lipinski definition) is 3. The van der Waals surface area contributed by atoms with Crippen LogP contribution in [0.25, 0.3) is 0 Å². The Balaban J connectivity index is 2.20. The molecule has 0 bridgehead atoms. The van der Waals surface area contributed by atoms with E-state index in [1.807, 2.05) is 59.6 Å². The number of nitrogens with zero attached hydrogens (tertiary/aromatic N) is 1. The van der Waals surface area contributed by atoms with Crippen molar-refractivity contribution in [1.29, 1.82) is 0 Å². The fourth-order valence-electron chi connectivity index (χ4n) is 2.02. The normalized spacial score (nSPS) is 9.71. The maximum atomic E-state index is 12.3. The number of ketones is 1. The van der Waals surface area contributed by atoms with Crippen molar-refractivity contribution in [2.45, 2.75) is 0 Å². The Kier molecular flexibility index (Phi) is 4.94. The summed E-state index contributed by atoms with van der Waals surface area (Å²) in [7, 11) is 0. The van der Waals surface area contributed by atoms with Gasteiger partial charge in [-0.25, -0.2) is 0 Å². The fraction of sp³-hybridized carbons (Fsp3) is 0.0556. The van der Waals surface area contributed by atoms with Crippen LogP contribution in [-0.4, -0.2) is 12.3 Å². The summed E-state index contributed by atoms with van der Waals surface area (Å²) in [5, 5.41) is 1.89. The highest BCUT2D eigenvalue weighted by Crippen LogP contribution is 2.16. The first kappa shape index (κ1) is 14.6. The first-order valence-corrected chi connectivity index (χ1v) is 6.71. The van der Waals surface area contributed by atoms with Gasteiger partial charge in [0.15, 0.2) is 5.78 Å². The van der Waals surface area contributed by atoms with Gasteiger partial charge >= 0.3 is 0 Å². The molecule has 0 amide bonds. The van der Waals surface area contributed by atoms with E-state index in [-0.39, 0.29) is 5.78 Å². The number of hydrazine groups is 1. The van der Waals surface area contributed by atoms with E-state index in [2.05, 4.69) is 18.6 Å². The molecule has 21 heavy (non-hydrogen) atoms. The van der Waals surface area contributed by atoms with Gasteiger partial charge in [-0.15, -0.1) is 6.58 Å². The number of carbonyl (C=O) groups excluding carboxylic acids is 1. The van der Waals surface area contributed by atoms with Gasteiger partial charge in [-0.1, -0.05) is 43.0 Å². The van der Waals surface area contributed by atoms with E-state index in [0.29, 0.717) is 17.7 Å². The second kappa shape index (κ2) is 7.10. The molecule has 3 nitrogen and oxygen atoms in total. The first-order chi connectivity index (χ1) is 10.3. The van der Waals surface area contributed by atoms with E-state index in [1.54, 1.807) is 12.3 Å². The SMILES string of the molecule is C=CCN(NC=C)c1ccc(C(=O)c2ccccc2)cc1. The van der Waals surface area contributed by atoms with Crippen molar-refractivity contribution in [1.82, 2.24) is 5.43 Å². The van der Waals surface area contributed by atoms with Crippen molar-refractivity contribution < 1.29 is 4.79 Å². The van der Waals surface area contributed by atoms with Crippen LogP contribution in [0.1, 0.15) is 15.9 Å². The van der Waals surface area contributed by atoms with E-state index in [4.69, 9.17) is 0 Å². The number of rotatable bonds is 7. The van der Waals surface area contributed by atoms with Crippen molar-refractivity contribution in [3.05, 3.63) is 91.2 Å². The maximum absolute atomic E-state index is 12.3. The topological polar surface area (TPSA) is 32.3 Å². The Bertz CT molecular complexity index is 607. The molecule has 2 aromatic carbocycles. The summed E-state index contributed by atoms with van der Waals surface area (Å²) >= 11 is 0. The Morgan fingerprint density at radius 1 is 1.00 bits per heavy atom. The summed E-state index contributed by atoms with van der Waals surface area (Å²) in [6, 6.07) is 16.7. The number of anilines is 1. The molecule has 106 valence electrons. The summed E-state index contributed by atoms with van der Waals surface area (Å²) in [5.41, 5.74) is 5.33. The smallest absolute Gasteiger partial charge is 0.193 e. The summed E-state index contributed by atoms with van der Waals surface area (Å²) in [6.07, 6.45) is 3.39. The molecule has 0 atom stereocenters. The van der Waals surface area contributed by atoms with Crippen LogP contribution in [0.2, 0.25) is 0 Å². The van der Waals surface area contributed by atoms with Crippen LogP contribution in [0.15, 0.2) is 80.0 Å².